The van der Waals surface area contributed by atoms with Gasteiger partial charge in [-0.3, -0.25) is 9.59 Å². The average molecular weight is 412 g/mol. The van der Waals surface area contributed by atoms with Crippen molar-refractivity contribution < 1.29 is 9.53 Å². The molecule has 2 aromatic heterocycles. The molecular formula is C22H25N3O3S. The number of likely N-dealkylation sites (tertiary alicyclic amines) is 1. The van der Waals surface area contributed by atoms with Crippen LogP contribution in [-0.2, 0) is 11.2 Å². The number of carbonyl (C=O) groups is 1. The second-order valence-corrected chi connectivity index (χ2v) is 8.82. The fourth-order valence-corrected chi connectivity index (χ4v) is 4.96. The van der Waals surface area contributed by atoms with Gasteiger partial charge in [0.1, 0.15) is 16.4 Å². The van der Waals surface area contributed by atoms with Crippen molar-refractivity contribution in [3.05, 3.63) is 56.4 Å². The van der Waals surface area contributed by atoms with Crippen LogP contribution in [0.5, 0.6) is 5.75 Å². The third kappa shape index (κ3) is 3.92. The number of hydrogen-bond acceptors (Lipinski definition) is 5. The first-order valence-corrected chi connectivity index (χ1v) is 10.7. The maximum atomic E-state index is 12.8. The highest BCUT2D eigenvalue weighted by atomic mass is 32.1. The van der Waals surface area contributed by atoms with Gasteiger partial charge in [0, 0.05) is 23.9 Å². The number of thiophene rings is 1. The highest BCUT2D eigenvalue weighted by Gasteiger charge is 2.27. The summed E-state index contributed by atoms with van der Waals surface area (Å²) in [6.45, 7) is 5.31. The van der Waals surface area contributed by atoms with Crippen LogP contribution in [0, 0.1) is 13.8 Å². The Morgan fingerprint density at radius 2 is 2.07 bits per heavy atom. The zero-order valence-corrected chi connectivity index (χ0v) is 17.8. The second kappa shape index (κ2) is 7.99. The molecule has 4 rings (SSSR count). The first kappa shape index (κ1) is 19.6. The molecule has 1 atom stereocenters. The van der Waals surface area contributed by atoms with Crippen molar-refractivity contribution in [1.29, 1.82) is 0 Å². The van der Waals surface area contributed by atoms with Gasteiger partial charge in [-0.15, -0.1) is 11.3 Å². The summed E-state index contributed by atoms with van der Waals surface area (Å²) in [6, 6.07) is 7.59. The van der Waals surface area contributed by atoms with Gasteiger partial charge in [-0.25, -0.2) is 4.98 Å². The van der Waals surface area contributed by atoms with Gasteiger partial charge in [0.05, 0.1) is 18.9 Å². The maximum absolute atomic E-state index is 12.8. The van der Waals surface area contributed by atoms with Crippen LogP contribution in [-0.4, -0.2) is 41.0 Å². The number of aryl methyl sites for hydroxylation is 2. The number of piperidine rings is 1. The first-order valence-electron chi connectivity index (χ1n) is 9.87. The smallest absolute Gasteiger partial charge is 0.259 e. The second-order valence-electron chi connectivity index (χ2n) is 7.62. The van der Waals surface area contributed by atoms with E-state index in [2.05, 4.69) is 4.98 Å². The fourth-order valence-electron chi connectivity index (χ4n) is 3.92. The monoisotopic (exact) mass is 411 g/mol. The predicted octanol–water partition coefficient (Wildman–Crippen LogP) is 3.56. The van der Waals surface area contributed by atoms with E-state index in [0.29, 0.717) is 24.2 Å². The normalized spacial score (nSPS) is 16.9. The van der Waals surface area contributed by atoms with Crippen LogP contribution in [0.15, 0.2) is 29.1 Å². The number of ether oxygens (including phenoxy) is 1. The predicted molar refractivity (Wildman–Crippen MR) is 115 cm³/mol. The first-order chi connectivity index (χ1) is 14.0. The molecule has 0 unspecified atom stereocenters. The number of rotatable bonds is 4. The van der Waals surface area contributed by atoms with Crippen molar-refractivity contribution in [2.45, 2.75) is 39.0 Å². The van der Waals surface area contributed by atoms with Crippen molar-refractivity contribution in [3.63, 3.8) is 0 Å². The van der Waals surface area contributed by atoms with Crippen LogP contribution in [0.2, 0.25) is 0 Å². The molecule has 0 aliphatic carbocycles. The van der Waals surface area contributed by atoms with Crippen LogP contribution in [0.25, 0.3) is 10.2 Å². The molecule has 1 amide bonds. The number of methoxy groups -OCH3 is 1. The molecule has 3 aromatic rings. The molecule has 1 aliphatic rings. The molecule has 0 radical (unpaired) electrons. The zero-order valence-electron chi connectivity index (χ0n) is 16.9. The van der Waals surface area contributed by atoms with Crippen molar-refractivity contribution in [2.75, 3.05) is 20.2 Å². The van der Waals surface area contributed by atoms with Crippen LogP contribution in [0.3, 0.4) is 0 Å². The quantitative estimate of drug-likeness (QED) is 0.712. The number of carbonyl (C=O) groups excluding carboxylic acids is 1. The van der Waals surface area contributed by atoms with Crippen LogP contribution >= 0.6 is 11.3 Å². The van der Waals surface area contributed by atoms with Gasteiger partial charge >= 0.3 is 0 Å². The van der Waals surface area contributed by atoms with E-state index in [1.54, 1.807) is 18.4 Å². The highest BCUT2D eigenvalue weighted by molar-refractivity contribution is 7.18. The lowest BCUT2D eigenvalue weighted by atomic mass is 9.96. The molecule has 1 N–H and O–H groups in total. The van der Waals surface area contributed by atoms with E-state index in [-0.39, 0.29) is 17.4 Å². The fraction of sp³-hybridized carbons (Fsp3) is 0.409. The van der Waals surface area contributed by atoms with E-state index in [1.165, 1.54) is 0 Å². The molecule has 29 heavy (non-hydrogen) atoms. The van der Waals surface area contributed by atoms with E-state index >= 15 is 0 Å². The van der Waals surface area contributed by atoms with Gasteiger partial charge in [-0.05, 0) is 49.9 Å². The highest BCUT2D eigenvalue weighted by Crippen LogP contribution is 2.29. The van der Waals surface area contributed by atoms with E-state index in [4.69, 9.17) is 9.72 Å². The molecule has 0 bridgehead atoms. The summed E-state index contributed by atoms with van der Waals surface area (Å²) < 4.78 is 5.17. The lowest BCUT2D eigenvalue weighted by Crippen LogP contribution is -2.40. The van der Waals surface area contributed by atoms with E-state index in [0.717, 1.165) is 46.0 Å². The molecule has 7 heteroatoms. The Balaban J connectivity index is 1.51. The van der Waals surface area contributed by atoms with Gasteiger partial charge < -0.3 is 14.6 Å². The number of amides is 1. The average Bonchev–Trinajstić information content (AvgIpc) is 3.02. The summed E-state index contributed by atoms with van der Waals surface area (Å²) >= 11 is 1.56. The lowest BCUT2D eigenvalue weighted by molar-refractivity contribution is -0.131. The van der Waals surface area contributed by atoms with Gasteiger partial charge in [-0.2, -0.15) is 0 Å². The van der Waals surface area contributed by atoms with Crippen LogP contribution < -0.4 is 10.3 Å². The van der Waals surface area contributed by atoms with Gasteiger partial charge in [0.15, 0.2) is 0 Å². The standard InChI is InChI=1S/C22H25N3O3S/c1-13-14(2)29-22-19(13)21(27)23-20(24-22)16-5-4-10-25(12-16)18(26)11-15-6-8-17(28-3)9-7-15/h6-9,16H,4-5,10-12H2,1-3H3,(H,23,24,27)/t16-/m0/s1. The third-order valence-electron chi connectivity index (χ3n) is 5.73. The summed E-state index contributed by atoms with van der Waals surface area (Å²) in [5.41, 5.74) is 1.90. The molecular weight excluding hydrogens is 386 g/mol. The Morgan fingerprint density at radius 3 is 2.79 bits per heavy atom. The molecule has 1 aliphatic heterocycles. The molecule has 0 spiro atoms. The summed E-state index contributed by atoms with van der Waals surface area (Å²) in [4.78, 5) is 37.0. The lowest BCUT2D eigenvalue weighted by Gasteiger charge is -2.32. The number of aromatic nitrogens is 2. The largest absolute Gasteiger partial charge is 0.497 e. The number of fused-ring (bicyclic) bond motifs is 1. The van der Waals surface area contributed by atoms with Gasteiger partial charge in [-0.1, -0.05) is 12.1 Å². The number of hydrogen-bond donors (Lipinski definition) is 1. The Labute approximate surface area is 173 Å². The third-order valence-corrected chi connectivity index (χ3v) is 6.83. The molecule has 152 valence electrons. The number of benzene rings is 1. The number of nitrogens with one attached hydrogen (secondary N) is 1. The Kier molecular flexibility index (Phi) is 5.41. The summed E-state index contributed by atoms with van der Waals surface area (Å²) in [7, 11) is 1.63. The molecule has 1 aromatic carbocycles. The van der Waals surface area contributed by atoms with Crippen LogP contribution in [0.4, 0.5) is 0 Å². The minimum atomic E-state index is -0.0754. The Hall–Kier alpha value is -2.67. The maximum Gasteiger partial charge on any atom is 0.259 e. The molecule has 1 saturated heterocycles. The number of nitrogens with zero attached hydrogens (tertiary/aromatic N) is 2. The Bertz CT molecular complexity index is 1100. The zero-order chi connectivity index (χ0) is 20.5. The van der Waals surface area contributed by atoms with Gasteiger partial charge in [0.2, 0.25) is 5.91 Å². The summed E-state index contributed by atoms with van der Waals surface area (Å²) in [5, 5.41) is 0.694. The van der Waals surface area contributed by atoms with E-state index in [1.807, 2.05) is 43.0 Å². The van der Waals surface area contributed by atoms with Crippen molar-refractivity contribution >= 4 is 27.5 Å². The SMILES string of the molecule is COc1ccc(CC(=O)N2CCC[C@H](c3nc4sc(C)c(C)c4c(=O)[nH]3)C2)cc1. The van der Waals surface area contributed by atoms with Crippen LogP contribution in [0.1, 0.15) is 40.6 Å². The molecule has 1 fully saturated rings. The van der Waals surface area contributed by atoms with E-state index in [9.17, 15) is 9.59 Å². The molecule has 6 nitrogen and oxygen atoms in total. The van der Waals surface area contributed by atoms with Crippen molar-refractivity contribution in [3.8, 4) is 5.75 Å². The molecule has 0 saturated carbocycles. The van der Waals surface area contributed by atoms with E-state index < -0.39 is 0 Å². The summed E-state index contributed by atoms with van der Waals surface area (Å²) in [6.07, 6.45) is 2.19. The molecule has 3 heterocycles. The minimum Gasteiger partial charge on any atom is -0.497 e. The van der Waals surface area contributed by atoms with Crippen molar-refractivity contribution in [1.82, 2.24) is 14.9 Å². The number of aromatic amines is 1. The Morgan fingerprint density at radius 1 is 1.31 bits per heavy atom. The van der Waals surface area contributed by atoms with Crippen molar-refractivity contribution in [2.24, 2.45) is 0 Å². The summed E-state index contributed by atoms with van der Waals surface area (Å²) in [5.74, 6) is 1.64. The minimum absolute atomic E-state index is 0.0587. The van der Waals surface area contributed by atoms with Gasteiger partial charge in [0.25, 0.3) is 5.56 Å². The number of H-pyrrole nitrogens is 1. The topological polar surface area (TPSA) is 75.3 Å².